The molecule has 2 rings (SSSR count). The molecule has 1 N–H and O–H groups in total. The van der Waals surface area contributed by atoms with Gasteiger partial charge in [0, 0.05) is 17.5 Å². The summed E-state index contributed by atoms with van der Waals surface area (Å²) in [5, 5.41) is 4.06. The summed E-state index contributed by atoms with van der Waals surface area (Å²) in [6, 6.07) is 14.4. The summed E-state index contributed by atoms with van der Waals surface area (Å²) in [6.45, 7) is 3.01. The maximum atomic E-state index is 6.13. The van der Waals surface area contributed by atoms with Gasteiger partial charge in [-0.2, -0.15) is 0 Å². The molecule has 2 aromatic carbocycles. The zero-order valence-electron chi connectivity index (χ0n) is 12.8. The first-order valence-electron chi connectivity index (χ1n) is 7.17. The normalized spacial score (nSPS) is 12.2. The summed E-state index contributed by atoms with van der Waals surface area (Å²) in [4.78, 5) is 0. The van der Waals surface area contributed by atoms with Gasteiger partial charge < -0.3 is 10.1 Å². The maximum Gasteiger partial charge on any atom is 0.122 e. The average Bonchev–Trinajstić information content (AvgIpc) is 2.47. The Kier molecular flexibility index (Phi) is 5.66. The van der Waals surface area contributed by atoms with Crippen molar-refractivity contribution in [2.24, 2.45) is 0 Å². The first-order chi connectivity index (χ1) is 10.1. The van der Waals surface area contributed by atoms with Crippen molar-refractivity contribution in [3.05, 3.63) is 64.2 Å². The van der Waals surface area contributed by atoms with Crippen molar-refractivity contribution in [2.75, 3.05) is 20.7 Å². The molecule has 0 spiro atoms. The van der Waals surface area contributed by atoms with Gasteiger partial charge in [-0.15, -0.1) is 0 Å². The largest absolute Gasteiger partial charge is 0.496 e. The van der Waals surface area contributed by atoms with E-state index < -0.39 is 0 Å². The number of hydrogen-bond acceptors (Lipinski definition) is 2. The minimum Gasteiger partial charge on any atom is -0.496 e. The number of likely N-dealkylation sites (N-methyl/N-ethyl adjacent to an activating group) is 1. The van der Waals surface area contributed by atoms with Crippen LogP contribution in [0.1, 0.15) is 22.6 Å². The van der Waals surface area contributed by atoms with Gasteiger partial charge in [0.05, 0.1) is 7.11 Å². The minimum atomic E-state index is 0.365. The van der Waals surface area contributed by atoms with Crippen LogP contribution in [0.15, 0.2) is 42.5 Å². The minimum absolute atomic E-state index is 0.365. The number of methoxy groups -OCH3 is 1. The molecule has 0 saturated heterocycles. The van der Waals surface area contributed by atoms with Crippen molar-refractivity contribution in [1.82, 2.24) is 5.32 Å². The number of benzene rings is 2. The molecule has 0 aromatic heterocycles. The topological polar surface area (TPSA) is 21.3 Å². The SMILES string of the molecule is CNCC(Cc1cc(C)ccc1OC)c1cccc(Cl)c1. The second-order valence-corrected chi connectivity index (χ2v) is 5.77. The van der Waals surface area contributed by atoms with Gasteiger partial charge in [0.1, 0.15) is 5.75 Å². The smallest absolute Gasteiger partial charge is 0.122 e. The molecule has 2 aromatic rings. The van der Waals surface area contributed by atoms with E-state index in [9.17, 15) is 0 Å². The van der Waals surface area contributed by atoms with Crippen LogP contribution in [0.5, 0.6) is 5.75 Å². The van der Waals surface area contributed by atoms with Gasteiger partial charge in [0.15, 0.2) is 0 Å². The van der Waals surface area contributed by atoms with Gasteiger partial charge >= 0.3 is 0 Å². The van der Waals surface area contributed by atoms with E-state index in [0.29, 0.717) is 5.92 Å². The molecule has 2 nitrogen and oxygen atoms in total. The van der Waals surface area contributed by atoms with Gasteiger partial charge in [-0.1, -0.05) is 41.4 Å². The summed E-state index contributed by atoms with van der Waals surface area (Å²) in [7, 11) is 3.70. The summed E-state index contributed by atoms with van der Waals surface area (Å²) in [5.41, 5.74) is 3.73. The van der Waals surface area contributed by atoms with Gasteiger partial charge in [0.2, 0.25) is 0 Å². The quantitative estimate of drug-likeness (QED) is 0.863. The van der Waals surface area contributed by atoms with Gasteiger partial charge in [-0.3, -0.25) is 0 Å². The van der Waals surface area contributed by atoms with Crippen LogP contribution in [-0.4, -0.2) is 20.7 Å². The number of halogens is 1. The molecular weight excluding hydrogens is 282 g/mol. The van der Waals surface area contributed by atoms with Crippen molar-refractivity contribution >= 4 is 11.6 Å². The number of ether oxygens (including phenoxy) is 1. The van der Waals surface area contributed by atoms with Crippen molar-refractivity contribution in [3.63, 3.8) is 0 Å². The summed E-state index contributed by atoms with van der Waals surface area (Å²) in [5.74, 6) is 1.31. The monoisotopic (exact) mass is 303 g/mol. The van der Waals surface area contributed by atoms with E-state index in [4.69, 9.17) is 16.3 Å². The Hall–Kier alpha value is -1.51. The molecule has 3 heteroatoms. The molecule has 21 heavy (non-hydrogen) atoms. The predicted molar refractivity (Wildman–Crippen MR) is 89.6 cm³/mol. The molecule has 112 valence electrons. The third kappa shape index (κ3) is 4.23. The molecule has 1 unspecified atom stereocenters. The summed E-state index contributed by atoms with van der Waals surface area (Å²) >= 11 is 6.13. The highest BCUT2D eigenvalue weighted by molar-refractivity contribution is 6.30. The lowest BCUT2D eigenvalue weighted by Gasteiger charge is -2.19. The molecule has 0 aliphatic carbocycles. The fourth-order valence-electron chi connectivity index (χ4n) is 2.65. The fraction of sp³-hybridized carbons (Fsp3) is 0.333. The Balaban J connectivity index is 2.30. The molecule has 1 atom stereocenters. The molecule has 0 bridgehead atoms. The number of aryl methyl sites for hydroxylation is 1. The fourth-order valence-corrected chi connectivity index (χ4v) is 2.85. The zero-order chi connectivity index (χ0) is 15.2. The molecular formula is C18H22ClNO. The standard InChI is InChI=1S/C18H22ClNO/c1-13-7-8-18(21-3)15(9-13)10-16(12-20-2)14-5-4-6-17(19)11-14/h4-9,11,16,20H,10,12H2,1-3H3. The molecule has 0 fully saturated rings. The van der Waals surface area contributed by atoms with Crippen LogP contribution in [0.3, 0.4) is 0 Å². The van der Waals surface area contributed by atoms with E-state index in [1.165, 1.54) is 16.7 Å². The molecule has 0 aliphatic heterocycles. The number of nitrogens with one attached hydrogen (secondary N) is 1. The third-order valence-corrected chi connectivity index (χ3v) is 3.91. The van der Waals surface area contributed by atoms with Crippen LogP contribution in [0.25, 0.3) is 0 Å². The van der Waals surface area contributed by atoms with Crippen LogP contribution in [0.2, 0.25) is 5.02 Å². The van der Waals surface area contributed by atoms with Crippen molar-refractivity contribution in [1.29, 1.82) is 0 Å². The van der Waals surface area contributed by atoms with Gasteiger partial charge in [0.25, 0.3) is 0 Å². The van der Waals surface area contributed by atoms with E-state index in [1.807, 2.05) is 31.3 Å². The lowest BCUT2D eigenvalue weighted by atomic mass is 9.91. The second-order valence-electron chi connectivity index (χ2n) is 5.33. The highest BCUT2D eigenvalue weighted by Gasteiger charge is 2.15. The second kappa shape index (κ2) is 7.48. The van der Waals surface area contributed by atoms with Crippen LogP contribution in [-0.2, 0) is 6.42 Å². The molecule has 0 radical (unpaired) electrons. The highest BCUT2D eigenvalue weighted by atomic mass is 35.5. The zero-order valence-corrected chi connectivity index (χ0v) is 13.6. The molecule has 0 heterocycles. The van der Waals surface area contributed by atoms with E-state index in [2.05, 4.69) is 30.4 Å². The van der Waals surface area contributed by atoms with Crippen molar-refractivity contribution in [3.8, 4) is 5.75 Å². The Labute approximate surface area is 132 Å². The Bertz CT molecular complexity index is 598. The van der Waals surface area contributed by atoms with Gasteiger partial charge in [-0.05, 0) is 49.7 Å². The first kappa shape index (κ1) is 15.9. The first-order valence-corrected chi connectivity index (χ1v) is 7.55. The van der Waals surface area contributed by atoms with Crippen molar-refractivity contribution < 1.29 is 4.74 Å². The van der Waals surface area contributed by atoms with Crippen LogP contribution in [0.4, 0.5) is 0 Å². The van der Waals surface area contributed by atoms with E-state index >= 15 is 0 Å². The summed E-state index contributed by atoms with van der Waals surface area (Å²) < 4.78 is 5.49. The lowest BCUT2D eigenvalue weighted by molar-refractivity contribution is 0.407. The Morgan fingerprint density at radius 2 is 2.00 bits per heavy atom. The predicted octanol–water partition coefficient (Wildman–Crippen LogP) is 4.20. The van der Waals surface area contributed by atoms with Gasteiger partial charge in [-0.25, -0.2) is 0 Å². The number of hydrogen-bond donors (Lipinski definition) is 1. The molecule has 0 aliphatic rings. The van der Waals surface area contributed by atoms with E-state index in [1.54, 1.807) is 7.11 Å². The Morgan fingerprint density at radius 3 is 2.67 bits per heavy atom. The van der Waals surface area contributed by atoms with E-state index in [0.717, 1.165) is 23.7 Å². The lowest BCUT2D eigenvalue weighted by Crippen LogP contribution is -2.19. The van der Waals surface area contributed by atoms with E-state index in [-0.39, 0.29) is 0 Å². The van der Waals surface area contributed by atoms with Crippen LogP contribution >= 0.6 is 11.6 Å². The average molecular weight is 304 g/mol. The number of rotatable bonds is 6. The molecule has 0 amide bonds. The van der Waals surface area contributed by atoms with Crippen LogP contribution < -0.4 is 10.1 Å². The molecule has 0 saturated carbocycles. The van der Waals surface area contributed by atoms with Crippen molar-refractivity contribution in [2.45, 2.75) is 19.3 Å². The van der Waals surface area contributed by atoms with Crippen LogP contribution in [0, 0.1) is 6.92 Å². The Morgan fingerprint density at radius 1 is 1.19 bits per heavy atom. The highest BCUT2D eigenvalue weighted by Crippen LogP contribution is 2.28. The summed E-state index contributed by atoms with van der Waals surface area (Å²) in [6.07, 6.45) is 0.923. The third-order valence-electron chi connectivity index (χ3n) is 3.67. The maximum absolute atomic E-state index is 6.13.